The van der Waals surface area contributed by atoms with Crippen molar-refractivity contribution in [2.75, 3.05) is 13.1 Å². The van der Waals surface area contributed by atoms with Crippen molar-refractivity contribution in [1.29, 1.82) is 0 Å². The summed E-state index contributed by atoms with van der Waals surface area (Å²) in [6.07, 6.45) is 1.42. The molecule has 0 unspecified atom stereocenters. The van der Waals surface area contributed by atoms with Crippen LogP contribution in [0.15, 0.2) is 6.20 Å². The van der Waals surface area contributed by atoms with Crippen LogP contribution in [-0.4, -0.2) is 41.0 Å². The van der Waals surface area contributed by atoms with Crippen molar-refractivity contribution in [1.82, 2.24) is 15.6 Å². The van der Waals surface area contributed by atoms with Gasteiger partial charge in [0.05, 0.1) is 17.7 Å². The number of aromatic nitrogens is 1. The van der Waals surface area contributed by atoms with E-state index in [2.05, 4.69) is 15.6 Å². The number of hydrogen-bond donors (Lipinski definition) is 3. The third-order valence-corrected chi connectivity index (χ3v) is 2.60. The predicted octanol–water partition coefficient (Wildman–Crippen LogP) is -0.618. The van der Waals surface area contributed by atoms with Gasteiger partial charge >= 0.3 is 5.97 Å². The molecule has 0 atom stereocenters. The molecule has 8 heteroatoms. The standard InChI is InChI=1S/C9H11N3O4S/c1-5-10-2-6(17-5)9(16)12-3-7(13)11-4-8(14)15/h2H,3-4H2,1H3,(H,11,13)(H,12,16)(H,14,15). The van der Waals surface area contributed by atoms with Crippen molar-refractivity contribution in [2.24, 2.45) is 0 Å². The maximum Gasteiger partial charge on any atom is 0.322 e. The predicted molar refractivity (Wildman–Crippen MR) is 59.8 cm³/mol. The molecule has 92 valence electrons. The molecule has 0 aromatic carbocycles. The number of carbonyl (C=O) groups is 3. The van der Waals surface area contributed by atoms with Crippen molar-refractivity contribution >= 4 is 29.1 Å². The molecule has 0 saturated heterocycles. The maximum absolute atomic E-state index is 11.5. The summed E-state index contributed by atoms with van der Waals surface area (Å²) in [5.74, 6) is -2.09. The molecule has 3 N–H and O–H groups in total. The molecule has 0 aliphatic rings. The normalized spacial score (nSPS) is 9.71. The average molecular weight is 257 g/mol. The van der Waals surface area contributed by atoms with Gasteiger partial charge in [0.15, 0.2) is 0 Å². The van der Waals surface area contributed by atoms with Crippen molar-refractivity contribution in [2.45, 2.75) is 6.92 Å². The lowest BCUT2D eigenvalue weighted by atomic mass is 10.4. The van der Waals surface area contributed by atoms with Crippen LogP contribution in [0, 0.1) is 6.92 Å². The minimum Gasteiger partial charge on any atom is -0.480 e. The van der Waals surface area contributed by atoms with Crippen LogP contribution in [0.3, 0.4) is 0 Å². The summed E-state index contributed by atoms with van der Waals surface area (Å²) in [6, 6.07) is 0. The van der Waals surface area contributed by atoms with Crippen LogP contribution in [-0.2, 0) is 9.59 Å². The third kappa shape index (κ3) is 4.60. The summed E-state index contributed by atoms with van der Waals surface area (Å²) in [5, 5.41) is 13.6. The van der Waals surface area contributed by atoms with Crippen LogP contribution in [0.1, 0.15) is 14.7 Å². The van der Waals surface area contributed by atoms with Gasteiger partial charge in [-0.2, -0.15) is 0 Å². The second-order valence-electron chi connectivity index (χ2n) is 3.10. The molecule has 0 fully saturated rings. The Morgan fingerprint density at radius 2 is 2.06 bits per heavy atom. The molecule has 17 heavy (non-hydrogen) atoms. The van der Waals surface area contributed by atoms with E-state index in [-0.39, 0.29) is 6.54 Å². The van der Waals surface area contributed by atoms with E-state index < -0.39 is 24.3 Å². The van der Waals surface area contributed by atoms with Crippen LogP contribution >= 0.6 is 11.3 Å². The minimum atomic E-state index is -1.14. The highest BCUT2D eigenvalue weighted by molar-refractivity contribution is 7.13. The molecule has 0 radical (unpaired) electrons. The zero-order chi connectivity index (χ0) is 12.8. The summed E-state index contributed by atoms with van der Waals surface area (Å²) < 4.78 is 0. The number of carbonyl (C=O) groups excluding carboxylic acids is 2. The molecule has 1 aromatic heterocycles. The van der Waals surface area contributed by atoms with E-state index in [0.29, 0.717) is 4.88 Å². The van der Waals surface area contributed by atoms with Crippen molar-refractivity contribution in [3.63, 3.8) is 0 Å². The van der Waals surface area contributed by atoms with Gasteiger partial charge < -0.3 is 15.7 Å². The van der Waals surface area contributed by atoms with Gasteiger partial charge in [0.2, 0.25) is 5.91 Å². The van der Waals surface area contributed by atoms with E-state index >= 15 is 0 Å². The molecule has 0 aliphatic carbocycles. The van der Waals surface area contributed by atoms with E-state index in [0.717, 1.165) is 5.01 Å². The van der Waals surface area contributed by atoms with Gasteiger partial charge in [-0.3, -0.25) is 14.4 Å². The average Bonchev–Trinajstić information content (AvgIpc) is 2.70. The largest absolute Gasteiger partial charge is 0.480 e. The number of aliphatic carboxylic acids is 1. The Labute approximate surface area is 101 Å². The Bertz CT molecular complexity index is 443. The summed E-state index contributed by atoms with van der Waals surface area (Å²) in [5.41, 5.74) is 0. The summed E-state index contributed by atoms with van der Waals surface area (Å²) >= 11 is 1.22. The quantitative estimate of drug-likeness (QED) is 0.651. The number of rotatable bonds is 5. The maximum atomic E-state index is 11.5. The lowest BCUT2D eigenvalue weighted by Gasteiger charge is -2.03. The number of amides is 2. The second kappa shape index (κ2) is 5.94. The van der Waals surface area contributed by atoms with Gasteiger partial charge in [-0.1, -0.05) is 0 Å². The first kappa shape index (κ1) is 13.1. The number of carboxylic acids is 1. The lowest BCUT2D eigenvalue weighted by molar-refractivity contribution is -0.137. The van der Waals surface area contributed by atoms with E-state index in [4.69, 9.17) is 5.11 Å². The van der Waals surface area contributed by atoms with E-state index in [1.165, 1.54) is 17.5 Å². The Balaban J connectivity index is 2.33. The van der Waals surface area contributed by atoms with Gasteiger partial charge in [0.25, 0.3) is 5.91 Å². The Morgan fingerprint density at radius 3 is 2.59 bits per heavy atom. The highest BCUT2D eigenvalue weighted by Gasteiger charge is 2.10. The first-order chi connectivity index (χ1) is 7.99. The number of nitrogens with zero attached hydrogens (tertiary/aromatic N) is 1. The van der Waals surface area contributed by atoms with Gasteiger partial charge in [-0.15, -0.1) is 11.3 Å². The zero-order valence-corrected chi connectivity index (χ0v) is 9.84. The minimum absolute atomic E-state index is 0.261. The van der Waals surface area contributed by atoms with Crippen LogP contribution in [0.5, 0.6) is 0 Å². The molecule has 1 rings (SSSR count). The summed E-state index contributed by atoms with van der Waals surface area (Å²) in [4.78, 5) is 37.0. The zero-order valence-electron chi connectivity index (χ0n) is 9.02. The fourth-order valence-corrected chi connectivity index (χ4v) is 1.64. The highest BCUT2D eigenvalue weighted by Crippen LogP contribution is 2.10. The Hall–Kier alpha value is -1.96. The Kier molecular flexibility index (Phi) is 4.58. The molecular formula is C9H11N3O4S. The first-order valence-electron chi connectivity index (χ1n) is 4.68. The molecule has 2 amide bonds. The summed E-state index contributed by atoms with van der Waals surface area (Å²) in [7, 11) is 0. The number of hydrogen-bond acceptors (Lipinski definition) is 5. The molecular weight excluding hydrogens is 246 g/mol. The van der Waals surface area contributed by atoms with Crippen LogP contribution < -0.4 is 10.6 Å². The van der Waals surface area contributed by atoms with Crippen molar-refractivity contribution < 1.29 is 19.5 Å². The second-order valence-corrected chi connectivity index (χ2v) is 4.33. The molecule has 0 spiro atoms. The molecule has 1 heterocycles. The van der Waals surface area contributed by atoms with Crippen molar-refractivity contribution in [3.05, 3.63) is 16.1 Å². The smallest absolute Gasteiger partial charge is 0.322 e. The molecule has 0 saturated carbocycles. The number of nitrogens with one attached hydrogen (secondary N) is 2. The molecule has 1 aromatic rings. The first-order valence-corrected chi connectivity index (χ1v) is 5.50. The number of carboxylic acid groups (broad SMARTS) is 1. The topological polar surface area (TPSA) is 108 Å². The molecule has 0 aliphatic heterocycles. The van der Waals surface area contributed by atoms with E-state index in [9.17, 15) is 14.4 Å². The van der Waals surface area contributed by atoms with Gasteiger partial charge in [-0.05, 0) is 6.92 Å². The fourth-order valence-electron chi connectivity index (χ4n) is 0.951. The highest BCUT2D eigenvalue weighted by atomic mass is 32.1. The van der Waals surface area contributed by atoms with E-state index in [1.807, 2.05) is 0 Å². The van der Waals surface area contributed by atoms with Crippen LogP contribution in [0.25, 0.3) is 0 Å². The SMILES string of the molecule is Cc1ncc(C(=O)NCC(=O)NCC(=O)O)s1. The molecule has 7 nitrogen and oxygen atoms in total. The lowest BCUT2D eigenvalue weighted by Crippen LogP contribution is -2.38. The number of aryl methyl sites for hydroxylation is 1. The van der Waals surface area contributed by atoms with E-state index in [1.54, 1.807) is 6.92 Å². The van der Waals surface area contributed by atoms with Gasteiger partial charge in [0.1, 0.15) is 11.4 Å². The number of thiazole rings is 1. The van der Waals surface area contributed by atoms with Gasteiger partial charge in [0, 0.05) is 0 Å². The van der Waals surface area contributed by atoms with Gasteiger partial charge in [-0.25, -0.2) is 4.98 Å². The Morgan fingerprint density at radius 1 is 1.35 bits per heavy atom. The fraction of sp³-hybridized carbons (Fsp3) is 0.333. The monoisotopic (exact) mass is 257 g/mol. The van der Waals surface area contributed by atoms with Crippen LogP contribution in [0.2, 0.25) is 0 Å². The van der Waals surface area contributed by atoms with Crippen molar-refractivity contribution in [3.8, 4) is 0 Å². The molecule has 0 bridgehead atoms. The third-order valence-electron chi connectivity index (χ3n) is 1.69. The summed E-state index contributed by atoms with van der Waals surface area (Å²) in [6.45, 7) is 1.04. The van der Waals surface area contributed by atoms with Crippen LogP contribution in [0.4, 0.5) is 0 Å².